The Labute approximate surface area is 101 Å². The summed E-state index contributed by atoms with van der Waals surface area (Å²) in [4.78, 5) is 25.1. The number of aliphatic carboxylic acids is 1. The van der Waals surface area contributed by atoms with E-state index in [-0.39, 0.29) is 11.8 Å². The number of hydrogen-bond acceptors (Lipinski definition) is 2. The lowest BCUT2D eigenvalue weighted by Gasteiger charge is -2.29. The zero-order valence-corrected chi connectivity index (χ0v) is 10.2. The topological polar surface area (TPSA) is 57.6 Å². The highest BCUT2D eigenvalue weighted by atomic mass is 16.4. The molecule has 1 saturated carbocycles. The van der Waals surface area contributed by atoms with Gasteiger partial charge < -0.3 is 10.0 Å². The highest BCUT2D eigenvalue weighted by Crippen LogP contribution is 2.33. The molecule has 0 aromatic heterocycles. The monoisotopic (exact) mass is 237 g/mol. The molecule has 1 heterocycles. The van der Waals surface area contributed by atoms with Crippen LogP contribution in [0, 0.1) is 11.8 Å². The molecule has 0 saturated heterocycles. The summed E-state index contributed by atoms with van der Waals surface area (Å²) < 4.78 is 0. The van der Waals surface area contributed by atoms with Crippen LogP contribution in [0.2, 0.25) is 0 Å². The molecule has 0 aromatic rings. The van der Waals surface area contributed by atoms with Gasteiger partial charge in [0, 0.05) is 13.1 Å². The summed E-state index contributed by atoms with van der Waals surface area (Å²) in [5.41, 5.74) is 1.32. The van der Waals surface area contributed by atoms with Gasteiger partial charge in [-0.2, -0.15) is 0 Å². The summed E-state index contributed by atoms with van der Waals surface area (Å²) in [6.45, 7) is 3.45. The molecule has 94 valence electrons. The van der Waals surface area contributed by atoms with Crippen LogP contribution >= 0.6 is 0 Å². The predicted molar refractivity (Wildman–Crippen MR) is 63.4 cm³/mol. The van der Waals surface area contributed by atoms with Gasteiger partial charge >= 0.3 is 5.97 Å². The Balaban J connectivity index is 2.02. The maximum atomic E-state index is 12.3. The molecule has 1 aliphatic heterocycles. The minimum absolute atomic E-state index is 0.0404. The molecule has 2 atom stereocenters. The Morgan fingerprint density at radius 2 is 2.06 bits per heavy atom. The predicted octanol–water partition coefficient (Wildman–Crippen LogP) is 1.67. The number of carboxylic acid groups (broad SMARTS) is 1. The van der Waals surface area contributed by atoms with Gasteiger partial charge in [-0.1, -0.05) is 18.1 Å². The normalized spacial score (nSPS) is 29.0. The van der Waals surface area contributed by atoms with E-state index < -0.39 is 11.9 Å². The smallest absolute Gasteiger partial charge is 0.307 e. The molecule has 2 aliphatic rings. The fourth-order valence-corrected chi connectivity index (χ4v) is 2.76. The van der Waals surface area contributed by atoms with Crippen molar-refractivity contribution < 1.29 is 14.7 Å². The molecule has 2 rings (SSSR count). The van der Waals surface area contributed by atoms with Gasteiger partial charge in [0.1, 0.15) is 0 Å². The second-order valence-corrected chi connectivity index (χ2v) is 5.07. The molecular formula is C13H19NO3. The Morgan fingerprint density at radius 3 is 2.65 bits per heavy atom. The van der Waals surface area contributed by atoms with E-state index in [4.69, 9.17) is 5.11 Å². The number of nitrogens with zero attached hydrogens (tertiary/aromatic N) is 1. The third-order valence-electron chi connectivity index (χ3n) is 3.90. The van der Waals surface area contributed by atoms with E-state index in [1.165, 1.54) is 5.57 Å². The zero-order chi connectivity index (χ0) is 12.4. The van der Waals surface area contributed by atoms with Gasteiger partial charge in [0.15, 0.2) is 0 Å². The summed E-state index contributed by atoms with van der Waals surface area (Å²) in [5.74, 6) is -1.53. The Hall–Kier alpha value is -1.32. The number of amides is 1. The van der Waals surface area contributed by atoms with Crippen molar-refractivity contribution in [2.45, 2.75) is 32.6 Å². The minimum atomic E-state index is -0.815. The Kier molecular flexibility index (Phi) is 3.50. The third-order valence-corrected chi connectivity index (χ3v) is 3.90. The highest BCUT2D eigenvalue weighted by Gasteiger charge is 2.39. The van der Waals surface area contributed by atoms with Gasteiger partial charge in [0.25, 0.3) is 0 Å². The molecule has 1 N–H and O–H groups in total. The van der Waals surface area contributed by atoms with Crippen molar-refractivity contribution in [1.29, 1.82) is 0 Å². The summed E-state index contributed by atoms with van der Waals surface area (Å²) in [6, 6.07) is 0. The molecule has 2 unspecified atom stereocenters. The largest absolute Gasteiger partial charge is 0.481 e. The van der Waals surface area contributed by atoms with E-state index in [9.17, 15) is 9.59 Å². The molecule has 4 nitrogen and oxygen atoms in total. The highest BCUT2D eigenvalue weighted by molar-refractivity contribution is 5.85. The maximum Gasteiger partial charge on any atom is 0.307 e. The number of rotatable bonds is 2. The van der Waals surface area contributed by atoms with E-state index in [2.05, 4.69) is 13.0 Å². The fourth-order valence-electron chi connectivity index (χ4n) is 2.76. The van der Waals surface area contributed by atoms with Gasteiger partial charge in [-0.25, -0.2) is 0 Å². The van der Waals surface area contributed by atoms with Gasteiger partial charge in [-0.15, -0.1) is 0 Å². The van der Waals surface area contributed by atoms with Crippen LogP contribution in [0.15, 0.2) is 11.6 Å². The van der Waals surface area contributed by atoms with Crippen molar-refractivity contribution in [3.63, 3.8) is 0 Å². The number of carbonyl (C=O) groups is 2. The number of carbonyl (C=O) groups excluding carboxylic acids is 1. The van der Waals surface area contributed by atoms with Crippen molar-refractivity contribution in [2.75, 3.05) is 13.1 Å². The van der Waals surface area contributed by atoms with Crippen molar-refractivity contribution in [3.05, 3.63) is 11.6 Å². The lowest BCUT2D eigenvalue weighted by Crippen LogP contribution is -2.41. The molecule has 0 radical (unpaired) electrons. The number of hydrogen-bond donors (Lipinski definition) is 1. The standard InChI is InChI=1S/C13H19NO3/c1-9-5-7-14(8-6-9)12(15)10-3-2-4-11(10)13(16)17/h5,10-11H,2-4,6-8H2,1H3,(H,16,17). The van der Waals surface area contributed by atoms with Crippen molar-refractivity contribution in [3.8, 4) is 0 Å². The summed E-state index contributed by atoms with van der Waals surface area (Å²) in [5, 5.41) is 9.09. The second kappa shape index (κ2) is 4.90. The zero-order valence-electron chi connectivity index (χ0n) is 10.2. The first kappa shape index (κ1) is 12.1. The average molecular weight is 237 g/mol. The van der Waals surface area contributed by atoms with Crippen molar-refractivity contribution >= 4 is 11.9 Å². The minimum Gasteiger partial charge on any atom is -0.481 e. The second-order valence-electron chi connectivity index (χ2n) is 5.07. The van der Waals surface area contributed by atoms with Crippen LogP contribution in [0.25, 0.3) is 0 Å². The van der Waals surface area contributed by atoms with E-state index in [0.29, 0.717) is 13.0 Å². The van der Waals surface area contributed by atoms with Crippen LogP contribution in [0.4, 0.5) is 0 Å². The number of carboxylic acids is 1. The van der Waals surface area contributed by atoms with E-state index in [0.717, 1.165) is 25.8 Å². The van der Waals surface area contributed by atoms with Crippen LogP contribution in [-0.4, -0.2) is 35.0 Å². The maximum absolute atomic E-state index is 12.3. The van der Waals surface area contributed by atoms with Gasteiger partial charge in [0.05, 0.1) is 11.8 Å². The molecule has 4 heteroatoms. The first-order valence-corrected chi connectivity index (χ1v) is 6.27. The SMILES string of the molecule is CC1=CCN(C(=O)C2CCCC2C(=O)O)CC1. The molecule has 1 amide bonds. The van der Waals surface area contributed by atoms with Gasteiger partial charge in [-0.3, -0.25) is 9.59 Å². The lowest BCUT2D eigenvalue weighted by atomic mass is 9.94. The molecule has 17 heavy (non-hydrogen) atoms. The summed E-state index contributed by atoms with van der Waals surface area (Å²) in [6.07, 6.45) is 5.21. The van der Waals surface area contributed by atoms with Crippen LogP contribution in [0.3, 0.4) is 0 Å². The molecule has 0 spiro atoms. The van der Waals surface area contributed by atoms with E-state index >= 15 is 0 Å². The Morgan fingerprint density at radius 1 is 1.35 bits per heavy atom. The van der Waals surface area contributed by atoms with Crippen molar-refractivity contribution in [2.24, 2.45) is 11.8 Å². The van der Waals surface area contributed by atoms with Crippen molar-refractivity contribution in [1.82, 2.24) is 4.90 Å². The third kappa shape index (κ3) is 2.51. The van der Waals surface area contributed by atoms with Gasteiger partial charge in [-0.05, 0) is 26.2 Å². The van der Waals surface area contributed by atoms with E-state index in [1.807, 2.05) is 0 Å². The van der Waals surface area contributed by atoms with E-state index in [1.54, 1.807) is 4.90 Å². The first-order chi connectivity index (χ1) is 8.09. The lowest BCUT2D eigenvalue weighted by molar-refractivity contribution is -0.149. The van der Waals surface area contributed by atoms with Crippen LogP contribution < -0.4 is 0 Å². The molecule has 1 fully saturated rings. The molecule has 0 aromatic carbocycles. The van der Waals surface area contributed by atoms with Crippen LogP contribution in [-0.2, 0) is 9.59 Å². The first-order valence-electron chi connectivity index (χ1n) is 6.27. The van der Waals surface area contributed by atoms with Crippen LogP contribution in [0.1, 0.15) is 32.6 Å². The van der Waals surface area contributed by atoms with Gasteiger partial charge in [0.2, 0.25) is 5.91 Å². The molecule has 1 aliphatic carbocycles. The molecule has 0 bridgehead atoms. The summed E-state index contributed by atoms with van der Waals surface area (Å²) >= 11 is 0. The molecular weight excluding hydrogens is 218 g/mol. The quantitative estimate of drug-likeness (QED) is 0.743. The summed E-state index contributed by atoms with van der Waals surface area (Å²) in [7, 11) is 0. The fraction of sp³-hybridized carbons (Fsp3) is 0.692. The Bertz CT molecular complexity index is 362. The van der Waals surface area contributed by atoms with Crippen LogP contribution in [0.5, 0.6) is 0 Å². The average Bonchev–Trinajstić information content (AvgIpc) is 2.78.